The van der Waals surface area contributed by atoms with Crippen LogP contribution in [-0.2, 0) is 4.79 Å². The molecular formula is C16H20N2O4. The van der Waals surface area contributed by atoms with Crippen LogP contribution in [0.2, 0.25) is 0 Å². The zero-order chi connectivity index (χ0) is 16.3. The number of aryl methyl sites for hydroxylation is 1. The lowest BCUT2D eigenvalue weighted by Crippen LogP contribution is -2.44. The summed E-state index contributed by atoms with van der Waals surface area (Å²) in [6.07, 6.45) is 1.29. The number of aliphatic carboxylic acids is 1. The van der Waals surface area contributed by atoms with Crippen LogP contribution in [0, 0.1) is 12.8 Å². The number of urea groups is 1. The summed E-state index contributed by atoms with van der Waals surface area (Å²) in [4.78, 5) is 36.2. The van der Waals surface area contributed by atoms with Crippen LogP contribution in [0.25, 0.3) is 0 Å². The summed E-state index contributed by atoms with van der Waals surface area (Å²) in [6.45, 7) is 4.10. The van der Waals surface area contributed by atoms with Crippen LogP contribution in [0.1, 0.15) is 35.7 Å². The Morgan fingerprint density at radius 3 is 2.64 bits per heavy atom. The number of Topliss-reactive ketones (excluding diaryl/α,β-unsaturated/α-hetero) is 1. The lowest BCUT2D eigenvalue weighted by Gasteiger charge is -2.30. The molecular weight excluding hydrogens is 284 g/mol. The van der Waals surface area contributed by atoms with E-state index in [0.717, 1.165) is 5.56 Å². The number of carboxylic acids is 1. The summed E-state index contributed by atoms with van der Waals surface area (Å²) in [5.41, 5.74) is 2.03. The fraction of sp³-hybridized carbons (Fsp3) is 0.438. The van der Waals surface area contributed by atoms with E-state index in [2.05, 4.69) is 5.32 Å². The van der Waals surface area contributed by atoms with E-state index in [0.29, 0.717) is 30.6 Å². The molecule has 1 aromatic carbocycles. The summed E-state index contributed by atoms with van der Waals surface area (Å²) in [5, 5.41) is 11.8. The highest BCUT2D eigenvalue weighted by Crippen LogP contribution is 2.19. The van der Waals surface area contributed by atoms with E-state index in [-0.39, 0.29) is 18.4 Å². The lowest BCUT2D eigenvalue weighted by atomic mass is 9.99. The largest absolute Gasteiger partial charge is 0.481 e. The Labute approximate surface area is 129 Å². The van der Waals surface area contributed by atoms with Gasteiger partial charge in [-0.25, -0.2) is 4.79 Å². The molecule has 0 spiro atoms. The number of amides is 2. The standard InChI is InChI=1S/C16H20N2O4/c1-10-8-13(5-6-14(10)11(2)19)17-16(22)18-7-3-4-12(9-18)15(20)21/h5-6,8,12H,3-4,7,9H2,1-2H3,(H,17,22)(H,20,21). The second-order valence-corrected chi connectivity index (χ2v) is 5.64. The Balaban J connectivity index is 2.04. The third kappa shape index (κ3) is 3.63. The second-order valence-electron chi connectivity index (χ2n) is 5.64. The Kier molecular flexibility index (Phi) is 4.80. The van der Waals surface area contributed by atoms with Crippen LogP contribution in [0.3, 0.4) is 0 Å². The van der Waals surface area contributed by atoms with Gasteiger partial charge in [-0.2, -0.15) is 0 Å². The number of anilines is 1. The van der Waals surface area contributed by atoms with Gasteiger partial charge >= 0.3 is 12.0 Å². The topological polar surface area (TPSA) is 86.7 Å². The minimum atomic E-state index is -0.862. The summed E-state index contributed by atoms with van der Waals surface area (Å²) in [6, 6.07) is 4.80. The van der Waals surface area contributed by atoms with Crippen LogP contribution in [0.4, 0.5) is 10.5 Å². The van der Waals surface area contributed by atoms with Gasteiger partial charge in [0.15, 0.2) is 5.78 Å². The predicted molar refractivity (Wildman–Crippen MR) is 82.1 cm³/mol. The number of carboxylic acid groups (broad SMARTS) is 1. The molecule has 0 radical (unpaired) electrons. The highest BCUT2D eigenvalue weighted by Gasteiger charge is 2.28. The molecule has 1 heterocycles. The van der Waals surface area contributed by atoms with E-state index >= 15 is 0 Å². The molecule has 2 amide bonds. The average molecular weight is 304 g/mol. The van der Waals surface area contributed by atoms with Crippen LogP contribution in [-0.4, -0.2) is 40.9 Å². The second kappa shape index (κ2) is 6.60. The van der Waals surface area contributed by atoms with Crippen molar-refractivity contribution in [2.45, 2.75) is 26.7 Å². The number of hydrogen-bond acceptors (Lipinski definition) is 3. The number of ketones is 1. The maximum absolute atomic E-state index is 12.2. The Bertz CT molecular complexity index is 612. The van der Waals surface area contributed by atoms with Gasteiger partial charge in [0.25, 0.3) is 0 Å². The zero-order valence-electron chi connectivity index (χ0n) is 12.8. The average Bonchev–Trinajstić information content (AvgIpc) is 2.47. The van der Waals surface area contributed by atoms with Crippen LogP contribution < -0.4 is 5.32 Å². The van der Waals surface area contributed by atoms with Crippen molar-refractivity contribution in [1.29, 1.82) is 0 Å². The molecule has 0 bridgehead atoms. The maximum Gasteiger partial charge on any atom is 0.321 e. The molecule has 0 aliphatic carbocycles. The van der Waals surface area contributed by atoms with E-state index in [9.17, 15) is 14.4 Å². The van der Waals surface area contributed by atoms with E-state index in [1.807, 2.05) is 6.92 Å². The van der Waals surface area contributed by atoms with Gasteiger partial charge in [0, 0.05) is 24.3 Å². The number of likely N-dealkylation sites (tertiary alicyclic amines) is 1. The van der Waals surface area contributed by atoms with Crippen molar-refractivity contribution in [3.05, 3.63) is 29.3 Å². The number of benzene rings is 1. The molecule has 22 heavy (non-hydrogen) atoms. The summed E-state index contributed by atoms with van der Waals surface area (Å²) < 4.78 is 0. The van der Waals surface area contributed by atoms with Crippen LogP contribution >= 0.6 is 0 Å². The number of carbonyl (C=O) groups is 3. The van der Waals surface area contributed by atoms with Crippen LogP contribution in [0.5, 0.6) is 0 Å². The van der Waals surface area contributed by atoms with Crippen molar-refractivity contribution in [3.8, 4) is 0 Å². The minimum absolute atomic E-state index is 0.0179. The van der Waals surface area contributed by atoms with Gasteiger partial charge in [0.1, 0.15) is 0 Å². The SMILES string of the molecule is CC(=O)c1ccc(NC(=O)N2CCCC(C(=O)O)C2)cc1C. The first-order valence-corrected chi connectivity index (χ1v) is 7.29. The number of piperidine rings is 1. The number of hydrogen-bond donors (Lipinski definition) is 2. The molecule has 1 aromatic rings. The Morgan fingerprint density at radius 1 is 1.32 bits per heavy atom. The maximum atomic E-state index is 12.2. The van der Waals surface area contributed by atoms with Crippen molar-refractivity contribution in [3.63, 3.8) is 0 Å². The highest BCUT2D eigenvalue weighted by molar-refractivity contribution is 5.97. The fourth-order valence-corrected chi connectivity index (χ4v) is 2.70. The number of nitrogens with zero attached hydrogens (tertiary/aromatic N) is 1. The molecule has 118 valence electrons. The Morgan fingerprint density at radius 2 is 2.05 bits per heavy atom. The molecule has 2 rings (SSSR count). The molecule has 1 aliphatic heterocycles. The highest BCUT2D eigenvalue weighted by atomic mass is 16.4. The van der Waals surface area contributed by atoms with Gasteiger partial charge in [-0.15, -0.1) is 0 Å². The molecule has 0 aromatic heterocycles. The van der Waals surface area contributed by atoms with Gasteiger partial charge in [0.05, 0.1) is 5.92 Å². The van der Waals surface area contributed by atoms with E-state index in [1.54, 1.807) is 18.2 Å². The third-order valence-electron chi connectivity index (χ3n) is 3.91. The monoisotopic (exact) mass is 304 g/mol. The fourth-order valence-electron chi connectivity index (χ4n) is 2.70. The number of rotatable bonds is 3. The summed E-state index contributed by atoms with van der Waals surface area (Å²) in [7, 11) is 0. The van der Waals surface area contributed by atoms with Crippen LogP contribution in [0.15, 0.2) is 18.2 Å². The van der Waals surface area contributed by atoms with E-state index in [1.165, 1.54) is 11.8 Å². The molecule has 6 heteroatoms. The third-order valence-corrected chi connectivity index (χ3v) is 3.91. The zero-order valence-corrected chi connectivity index (χ0v) is 12.8. The van der Waals surface area contributed by atoms with Crippen molar-refractivity contribution in [1.82, 2.24) is 4.90 Å². The smallest absolute Gasteiger partial charge is 0.321 e. The van der Waals surface area contributed by atoms with Crippen molar-refractivity contribution < 1.29 is 19.5 Å². The minimum Gasteiger partial charge on any atom is -0.481 e. The molecule has 1 atom stereocenters. The van der Waals surface area contributed by atoms with Crippen molar-refractivity contribution in [2.75, 3.05) is 18.4 Å². The summed E-state index contributed by atoms with van der Waals surface area (Å²) in [5.74, 6) is -1.38. The van der Waals surface area contributed by atoms with Gasteiger partial charge in [-0.1, -0.05) is 0 Å². The molecule has 1 fully saturated rings. The predicted octanol–water partition coefficient (Wildman–Crippen LogP) is 2.53. The van der Waals surface area contributed by atoms with Gasteiger partial charge in [0.2, 0.25) is 0 Å². The van der Waals surface area contributed by atoms with Crippen molar-refractivity contribution >= 4 is 23.5 Å². The Hall–Kier alpha value is -2.37. The molecule has 6 nitrogen and oxygen atoms in total. The molecule has 1 saturated heterocycles. The van der Waals surface area contributed by atoms with Crippen molar-refractivity contribution in [2.24, 2.45) is 5.92 Å². The normalized spacial score (nSPS) is 17.9. The first-order chi connectivity index (χ1) is 10.4. The number of carbonyl (C=O) groups excluding carboxylic acids is 2. The van der Waals surface area contributed by atoms with Gasteiger partial charge in [-0.3, -0.25) is 9.59 Å². The van der Waals surface area contributed by atoms with Gasteiger partial charge < -0.3 is 15.3 Å². The molecule has 1 aliphatic rings. The number of nitrogens with one attached hydrogen (secondary N) is 1. The quantitative estimate of drug-likeness (QED) is 0.840. The first-order valence-electron chi connectivity index (χ1n) is 7.29. The lowest BCUT2D eigenvalue weighted by molar-refractivity contribution is -0.143. The molecule has 1 unspecified atom stereocenters. The molecule has 0 saturated carbocycles. The summed E-state index contributed by atoms with van der Waals surface area (Å²) >= 11 is 0. The van der Waals surface area contributed by atoms with E-state index < -0.39 is 11.9 Å². The van der Waals surface area contributed by atoms with Gasteiger partial charge in [-0.05, 0) is 50.5 Å². The first kappa shape index (κ1) is 16.0. The molecule has 2 N–H and O–H groups in total. The van der Waals surface area contributed by atoms with E-state index in [4.69, 9.17) is 5.11 Å².